The highest BCUT2D eigenvalue weighted by Crippen LogP contribution is 2.35. The molecule has 1 heterocycles. The van der Waals surface area contributed by atoms with Gasteiger partial charge in [0.25, 0.3) is 0 Å². The van der Waals surface area contributed by atoms with Crippen molar-refractivity contribution in [1.82, 2.24) is 9.55 Å². The molecule has 0 atom stereocenters. The zero-order valence-electron chi connectivity index (χ0n) is 12.9. The van der Waals surface area contributed by atoms with Crippen LogP contribution in [0.1, 0.15) is 37.7 Å². The largest absolute Gasteiger partial charge is 0.396 e. The van der Waals surface area contributed by atoms with E-state index in [1.165, 1.54) is 23.9 Å². The highest BCUT2D eigenvalue weighted by molar-refractivity contribution is 7.99. The van der Waals surface area contributed by atoms with Crippen LogP contribution < -0.4 is 0 Å². The summed E-state index contributed by atoms with van der Waals surface area (Å²) in [5, 5.41) is 9.86. The molecule has 0 fully saturated rings. The van der Waals surface area contributed by atoms with Gasteiger partial charge >= 0.3 is 0 Å². The Bertz CT molecular complexity index is 636. The van der Waals surface area contributed by atoms with Crippen molar-refractivity contribution in [2.75, 3.05) is 6.61 Å². The normalized spacial score (nSPS) is 11.4. The van der Waals surface area contributed by atoms with E-state index in [0.29, 0.717) is 17.7 Å². The van der Waals surface area contributed by atoms with Crippen LogP contribution in [0.5, 0.6) is 0 Å². The molecule has 0 bridgehead atoms. The summed E-state index contributed by atoms with van der Waals surface area (Å²) in [5.74, 6) is -0.0975. The highest BCUT2D eigenvalue weighted by atomic mass is 32.2. The third-order valence-corrected chi connectivity index (χ3v) is 4.46. The van der Waals surface area contributed by atoms with Gasteiger partial charge in [-0.15, -0.1) is 0 Å². The van der Waals surface area contributed by atoms with Gasteiger partial charge in [-0.05, 0) is 24.5 Å². The van der Waals surface area contributed by atoms with Gasteiger partial charge in [-0.3, -0.25) is 0 Å². The Labute approximate surface area is 133 Å². The maximum atomic E-state index is 13.4. The van der Waals surface area contributed by atoms with Gasteiger partial charge in [0.05, 0.1) is 5.69 Å². The lowest BCUT2D eigenvalue weighted by atomic mass is 10.1. The minimum atomic E-state index is -0.587. The lowest BCUT2D eigenvalue weighted by molar-refractivity contribution is 0.287. The van der Waals surface area contributed by atoms with Crippen LogP contribution in [-0.2, 0) is 13.5 Å². The number of aryl methyl sites for hydroxylation is 1. The lowest BCUT2D eigenvalue weighted by Crippen LogP contribution is -2.00. The standard InChI is InChI=1S/C16H20F2N2OS/c1-10(2)15-16(20(3)14(19-15)5-4-6-21)22-13-8-11(17)7-12(18)9-13/h7-10,21H,4-6H2,1-3H3. The average molecular weight is 326 g/mol. The Morgan fingerprint density at radius 2 is 1.86 bits per heavy atom. The molecule has 3 nitrogen and oxygen atoms in total. The van der Waals surface area contributed by atoms with E-state index in [4.69, 9.17) is 5.11 Å². The van der Waals surface area contributed by atoms with E-state index in [1.54, 1.807) is 0 Å². The molecule has 0 amide bonds. The molecular weight excluding hydrogens is 306 g/mol. The molecule has 1 aromatic carbocycles. The predicted octanol–water partition coefficient (Wildman–Crippen LogP) is 3.90. The second kappa shape index (κ2) is 7.24. The van der Waals surface area contributed by atoms with Gasteiger partial charge < -0.3 is 9.67 Å². The van der Waals surface area contributed by atoms with E-state index in [2.05, 4.69) is 4.98 Å². The minimum Gasteiger partial charge on any atom is -0.396 e. The second-order valence-electron chi connectivity index (χ2n) is 5.47. The fourth-order valence-electron chi connectivity index (χ4n) is 2.21. The number of benzene rings is 1. The first-order chi connectivity index (χ1) is 10.4. The molecule has 0 spiro atoms. The number of nitrogens with zero attached hydrogens (tertiary/aromatic N) is 2. The maximum absolute atomic E-state index is 13.4. The quantitative estimate of drug-likeness (QED) is 0.875. The van der Waals surface area contributed by atoms with E-state index in [0.717, 1.165) is 22.6 Å². The first kappa shape index (κ1) is 17.0. The van der Waals surface area contributed by atoms with Gasteiger partial charge in [0.2, 0.25) is 0 Å². The van der Waals surface area contributed by atoms with Crippen molar-refractivity contribution in [1.29, 1.82) is 0 Å². The molecular formula is C16H20F2N2OS. The molecule has 6 heteroatoms. The summed E-state index contributed by atoms with van der Waals surface area (Å²) in [7, 11) is 1.89. The number of hydrogen-bond acceptors (Lipinski definition) is 3. The summed E-state index contributed by atoms with van der Waals surface area (Å²) < 4.78 is 28.7. The van der Waals surface area contributed by atoms with Gasteiger partial charge in [-0.1, -0.05) is 25.6 Å². The average Bonchev–Trinajstić information content (AvgIpc) is 2.73. The van der Waals surface area contributed by atoms with E-state index in [9.17, 15) is 8.78 Å². The van der Waals surface area contributed by atoms with Crippen LogP contribution in [0.4, 0.5) is 8.78 Å². The summed E-state index contributed by atoms with van der Waals surface area (Å²) in [6.07, 6.45) is 1.31. The van der Waals surface area contributed by atoms with E-state index in [-0.39, 0.29) is 12.5 Å². The molecule has 2 aromatic rings. The molecule has 22 heavy (non-hydrogen) atoms. The van der Waals surface area contributed by atoms with Gasteiger partial charge in [0.1, 0.15) is 22.5 Å². The van der Waals surface area contributed by atoms with Crippen LogP contribution in [0, 0.1) is 11.6 Å². The Balaban J connectivity index is 2.37. The minimum absolute atomic E-state index is 0.113. The van der Waals surface area contributed by atoms with Crippen LogP contribution in [0.25, 0.3) is 0 Å². The summed E-state index contributed by atoms with van der Waals surface area (Å²) in [5.41, 5.74) is 0.908. The molecule has 0 saturated carbocycles. The highest BCUT2D eigenvalue weighted by Gasteiger charge is 2.18. The second-order valence-corrected chi connectivity index (χ2v) is 6.53. The van der Waals surface area contributed by atoms with Crippen LogP contribution >= 0.6 is 11.8 Å². The van der Waals surface area contributed by atoms with Gasteiger partial charge in [0, 0.05) is 31.0 Å². The number of aromatic nitrogens is 2. The number of aliphatic hydroxyl groups is 1. The number of rotatable bonds is 6. The predicted molar refractivity (Wildman–Crippen MR) is 83.2 cm³/mol. The fraction of sp³-hybridized carbons (Fsp3) is 0.438. The third kappa shape index (κ3) is 3.87. The van der Waals surface area contributed by atoms with Gasteiger partial charge in [0.15, 0.2) is 0 Å². The molecule has 2 rings (SSSR count). The molecule has 0 aliphatic heterocycles. The van der Waals surface area contributed by atoms with Crippen molar-refractivity contribution in [2.24, 2.45) is 7.05 Å². The zero-order chi connectivity index (χ0) is 16.3. The van der Waals surface area contributed by atoms with E-state index >= 15 is 0 Å². The van der Waals surface area contributed by atoms with Crippen LogP contribution in [0.2, 0.25) is 0 Å². The monoisotopic (exact) mass is 326 g/mol. The molecule has 0 aliphatic carbocycles. The van der Waals surface area contributed by atoms with Crippen molar-refractivity contribution in [3.05, 3.63) is 41.4 Å². The summed E-state index contributed by atoms with van der Waals surface area (Å²) >= 11 is 1.31. The Morgan fingerprint density at radius 3 is 2.41 bits per heavy atom. The van der Waals surface area contributed by atoms with E-state index < -0.39 is 11.6 Å². The first-order valence-corrected chi connectivity index (χ1v) is 8.04. The number of aliphatic hydroxyl groups excluding tert-OH is 1. The molecule has 120 valence electrons. The first-order valence-electron chi connectivity index (χ1n) is 7.22. The van der Waals surface area contributed by atoms with E-state index in [1.807, 2.05) is 25.5 Å². The summed E-state index contributed by atoms with van der Waals surface area (Å²) in [4.78, 5) is 5.14. The molecule has 0 unspecified atom stereocenters. The van der Waals surface area contributed by atoms with Crippen molar-refractivity contribution in [2.45, 2.75) is 42.5 Å². The Kier molecular flexibility index (Phi) is 5.58. The third-order valence-electron chi connectivity index (χ3n) is 3.32. The van der Waals surface area contributed by atoms with Crippen molar-refractivity contribution in [3.63, 3.8) is 0 Å². The molecule has 0 radical (unpaired) electrons. The van der Waals surface area contributed by atoms with Crippen LogP contribution in [-0.4, -0.2) is 21.3 Å². The lowest BCUT2D eigenvalue weighted by Gasteiger charge is -2.09. The smallest absolute Gasteiger partial charge is 0.127 e. The summed E-state index contributed by atoms with van der Waals surface area (Å²) in [6.45, 7) is 4.18. The van der Waals surface area contributed by atoms with Crippen molar-refractivity contribution in [3.8, 4) is 0 Å². The fourth-order valence-corrected chi connectivity index (χ4v) is 3.40. The SMILES string of the molecule is CC(C)c1nc(CCCO)n(C)c1Sc1cc(F)cc(F)c1. The molecule has 1 N–H and O–H groups in total. The molecule has 0 aliphatic rings. The summed E-state index contributed by atoms with van der Waals surface area (Å²) in [6, 6.07) is 3.50. The van der Waals surface area contributed by atoms with Crippen LogP contribution in [0.3, 0.4) is 0 Å². The van der Waals surface area contributed by atoms with Crippen molar-refractivity contribution < 1.29 is 13.9 Å². The van der Waals surface area contributed by atoms with Crippen LogP contribution in [0.15, 0.2) is 28.1 Å². The van der Waals surface area contributed by atoms with Crippen molar-refractivity contribution >= 4 is 11.8 Å². The molecule has 1 aromatic heterocycles. The maximum Gasteiger partial charge on any atom is 0.127 e. The van der Waals surface area contributed by atoms with Gasteiger partial charge in [-0.2, -0.15) is 0 Å². The number of hydrogen-bond donors (Lipinski definition) is 1. The zero-order valence-corrected chi connectivity index (χ0v) is 13.8. The Morgan fingerprint density at radius 1 is 1.23 bits per heavy atom. The van der Waals surface area contributed by atoms with Gasteiger partial charge in [-0.25, -0.2) is 13.8 Å². The molecule has 0 saturated heterocycles. The number of imidazole rings is 1. The number of halogens is 2. The Hall–Kier alpha value is -1.40. The topological polar surface area (TPSA) is 38.1 Å².